The second-order valence-corrected chi connectivity index (χ2v) is 6.37. The summed E-state index contributed by atoms with van der Waals surface area (Å²) in [4.78, 5) is 12.5. The van der Waals surface area contributed by atoms with Gasteiger partial charge >= 0.3 is 0 Å². The second-order valence-electron chi connectivity index (χ2n) is 6.37. The van der Waals surface area contributed by atoms with Gasteiger partial charge in [0, 0.05) is 44.7 Å². The van der Waals surface area contributed by atoms with Gasteiger partial charge in [0.05, 0.1) is 0 Å². The number of aromatic nitrogens is 1. The number of aryl methyl sites for hydroxylation is 2. The molecule has 3 rings (SSSR count). The number of carbonyl (C=O) groups excluding carboxylic acids is 1. The van der Waals surface area contributed by atoms with E-state index in [4.69, 9.17) is 0 Å². The van der Waals surface area contributed by atoms with Gasteiger partial charge in [-0.3, -0.25) is 4.79 Å². The van der Waals surface area contributed by atoms with Crippen LogP contribution in [0.4, 0.5) is 4.39 Å². The molecule has 129 valence electrons. The van der Waals surface area contributed by atoms with Crippen LogP contribution in [0.1, 0.15) is 16.7 Å². The molecule has 0 saturated heterocycles. The van der Waals surface area contributed by atoms with Gasteiger partial charge in [-0.1, -0.05) is 48.5 Å². The van der Waals surface area contributed by atoms with Gasteiger partial charge in [-0.15, -0.1) is 0 Å². The Morgan fingerprint density at radius 1 is 0.923 bits per heavy atom. The van der Waals surface area contributed by atoms with Crippen LogP contribution in [0.15, 0.2) is 67.0 Å². The van der Waals surface area contributed by atoms with Crippen LogP contribution in [0.3, 0.4) is 0 Å². The van der Waals surface area contributed by atoms with Crippen molar-refractivity contribution < 1.29 is 46.5 Å². The van der Waals surface area contributed by atoms with Crippen molar-refractivity contribution in [3.63, 3.8) is 0 Å². The van der Waals surface area contributed by atoms with Gasteiger partial charge in [0.15, 0.2) is 12.0 Å². The first-order chi connectivity index (χ1) is 12.0. The molecular weight excluding hydrogens is 402 g/mol. The van der Waals surface area contributed by atoms with Crippen LogP contribution in [0.25, 0.3) is 11.1 Å². The Hall–Kier alpha value is -1.71. The zero-order chi connectivity index (χ0) is 17.8. The summed E-state index contributed by atoms with van der Waals surface area (Å²) in [6.45, 7) is 4.18. The largest absolute Gasteiger partial charge is 0.292 e. The number of hydrogen-bond donors (Lipinski definition) is 0. The van der Waals surface area contributed by atoms with Crippen LogP contribution in [0.5, 0.6) is 0 Å². The molecule has 2 nitrogen and oxygen atoms in total. The Bertz CT molecular complexity index is 889. The minimum absolute atomic E-state index is 0. The molecule has 1 aromatic heterocycles. The Labute approximate surface area is 179 Å². The molecule has 0 atom stereocenters. The zero-order valence-corrected chi connectivity index (χ0v) is 17.9. The standard InChI is InChI=1S/C22H21FNO.Y/c1-16-7-6-8-17(2)22(16)12-21(25)15-24-13-19(11-20(23)14-24)18-9-4-3-5-10-18;/h3-11,13-14H,12,15H2,1-2H3;/q+1;. The molecule has 1 heterocycles. The normalized spacial score (nSPS) is 10.3. The molecule has 0 unspecified atom stereocenters. The van der Waals surface area contributed by atoms with Crippen molar-refractivity contribution in [2.45, 2.75) is 26.8 Å². The van der Waals surface area contributed by atoms with Crippen LogP contribution in [0, 0.1) is 19.7 Å². The number of pyridine rings is 1. The minimum atomic E-state index is -0.346. The third-order valence-electron chi connectivity index (χ3n) is 4.37. The predicted octanol–water partition coefficient (Wildman–Crippen LogP) is 4.21. The van der Waals surface area contributed by atoms with Crippen LogP contribution in [-0.4, -0.2) is 5.78 Å². The number of Topliss-reactive ketones (excluding diaryl/α,β-unsaturated/α-hetero) is 1. The number of benzene rings is 2. The molecule has 0 fully saturated rings. The number of ketones is 1. The van der Waals surface area contributed by atoms with Crippen LogP contribution in [0.2, 0.25) is 0 Å². The number of hydrogen-bond acceptors (Lipinski definition) is 1. The van der Waals surface area contributed by atoms with Crippen molar-refractivity contribution >= 4 is 5.78 Å². The van der Waals surface area contributed by atoms with Crippen molar-refractivity contribution in [3.8, 4) is 11.1 Å². The third kappa shape index (κ3) is 5.15. The maximum absolute atomic E-state index is 14.0. The van der Waals surface area contributed by atoms with Gasteiger partial charge in [0.25, 0.3) is 0 Å². The van der Waals surface area contributed by atoms with Gasteiger partial charge in [-0.25, -0.2) is 4.39 Å². The molecule has 0 N–H and O–H groups in total. The Morgan fingerprint density at radius 2 is 1.58 bits per heavy atom. The first kappa shape index (κ1) is 20.6. The summed E-state index contributed by atoms with van der Waals surface area (Å²) >= 11 is 0. The topological polar surface area (TPSA) is 20.9 Å². The van der Waals surface area contributed by atoms with Crippen molar-refractivity contribution in [1.82, 2.24) is 0 Å². The van der Waals surface area contributed by atoms with Gasteiger partial charge < -0.3 is 0 Å². The fourth-order valence-corrected chi connectivity index (χ4v) is 3.06. The molecule has 0 spiro atoms. The van der Waals surface area contributed by atoms with E-state index in [1.54, 1.807) is 4.57 Å². The van der Waals surface area contributed by atoms with Gasteiger partial charge in [-0.2, -0.15) is 4.57 Å². The Morgan fingerprint density at radius 3 is 2.23 bits per heavy atom. The second kappa shape index (κ2) is 9.29. The van der Waals surface area contributed by atoms with E-state index in [1.807, 2.05) is 68.6 Å². The molecule has 0 aliphatic rings. The van der Waals surface area contributed by atoms with Crippen molar-refractivity contribution in [3.05, 3.63) is 89.5 Å². The molecule has 1 radical (unpaired) electrons. The number of carbonyl (C=O) groups is 1. The van der Waals surface area contributed by atoms with Gasteiger partial charge in [0.2, 0.25) is 18.5 Å². The SMILES string of the molecule is Cc1cccc(C)c1CC(=O)C[n+]1cc(F)cc(-c2ccccc2)c1.[Y]. The number of halogens is 1. The molecule has 4 heteroatoms. The number of rotatable bonds is 5. The zero-order valence-electron chi connectivity index (χ0n) is 15.1. The molecule has 0 bridgehead atoms. The van der Waals surface area contributed by atoms with Crippen molar-refractivity contribution in [2.75, 3.05) is 0 Å². The number of nitrogens with zero attached hydrogens (tertiary/aromatic N) is 1. The summed E-state index contributed by atoms with van der Waals surface area (Å²) < 4.78 is 15.6. The molecule has 2 aromatic carbocycles. The van der Waals surface area contributed by atoms with Crippen molar-refractivity contribution in [1.29, 1.82) is 0 Å². The van der Waals surface area contributed by atoms with Crippen LogP contribution < -0.4 is 4.57 Å². The quantitative estimate of drug-likeness (QED) is 0.564. The monoisotopic (exact) mass is 423 g/mol. The molecule has 3 aromatic rings. The first-order valence-corrected chi connectivity index (χ1v) is 8.35. The van der Waals surface area contributed by atoms with Gasteiger partial charge in [0.1, 0.15) is 0 Å². The maximum Gasteiger partial charge on any atom is 0.206 e. The van der Waals surface area contributed by atoms with E-state index in [1.165, 1.54) is 12.3 Å². The fraction of sp³-hybridized carbons (Fsp3) is 0.182. The summed E-state index contributed by atoms with van der Waals surface area (Å²) in [5.74, 6) is -0.284. The summed E-state index contributed by atoms with van der Waals surface area (Å²) in [6.07, 6.45) is 3.55. The molecule has 0 aliphatic carbocycles. The van der Waals surface area contributed by atoms with Crippen molar-refractivity contribution in [2.24, 2.45) is 0 Å². The van der Waals surface area contributed by atoms with Crippen LogP contribution in [-0.2, 0) is 50.5 Å². The van der Waals surface area contributed by atoms with E-state index < -0.39 is 0 Å². The van der Waals surface area contributed by atoms with E-state index in [0.29, 0.717) is 6.42 Å². The average molecular weight is 423 g/mol. The molecule has 0 aliphatic heterocycles. The van der Waals surface area contributed by atoms with E-state index in [0.717, 1.165) is 27.8 Å². The fourth-order valence-electron chi connectivity index (χ4n) is 3.06. The summed E-state index contributed by atoms with van der Waals surface area (Å²) in [5, 5.41) is 0. The summed E-state index contributed by atoms with van der Waals surface area (Å²) in [5.41, 5.74) is 4.98. The van der Waals surface area contributed by atoms with Crippen LogP contribution >= 0.6 is 0 Å². The van der Waals surface area contributed by atoms with E-state index >= 15 is 0 Å². The third-order valence-corrected chi connectivity index (χ3v) is 4.37. The molecular formula is C22H21FNOY+. The van der Waals surface area contributed by atoms with E-state index in [-0.39, 0.29) is 50.9 Å². The van der Waals surface area contributed by atoms with E-state index in [2.05, 4.69) is 0 Å². The molecule has 0 amide bonds. The maximum atomic E-state index is 14.0. The van der Waals surface area contributed by atoms with E-state index in [9.17, 15) is 9.18 Å². The summed E-state index contributed by atoms with van der Waals surface area (Å²) in [7, 11) is 0. The average Bonchev–Trinajstić information content (AvgIpc) is 2.58. The molecule has 0 saturated carbocycles. The Balaban J connectivity index is 0.00000243. The first-order valence-electron chi connectivity index (χ1n) is 8.35. The predicted molar refractivity (Wildman–Crippen MR) is 96.7 cm³/mol. The summed E-state index contributed by atoms with van der Waals surface area (Å²) in [6, 6.07) is 17.1. The molecule has 26 heavy (non-hydrogen) atoms. The smallest absolute Gasteiger partial charge is 0.206 e. The van der Waals surface area contributed by atoms with Gasteiger partial charge in [-0.05, 0) is 42.2 Å². The minimum Gasteiger partial charge on any atom is -0.292 e. The Kier molecular flexibility index (Phi) is 7.37.